The second-order valence-corrected chi connectivity index (χ2v) is 4.63. The Kier molecular flexibility index (Phi) is 4.51. The number of ether oxygens (including phenoxy) is 1. The van der Waals surface area contributed by atoms with E-state index in [2.05, 4.69) is 5.32 Å². The van der Waals surface area contributed by atoms with Crippen LogP contribution in [0, 0.1) is 5.82 Å². The van der Waals surface area contributed by atoms with Gasteiger partial charge in [-0.3, -0.25) is 0 Å². The molecule has 0 aromatic heterocycles. The average Bonchev–Trinajstić information content (AvgIpc) is 2.39. The molecule has 1 N–H and O–H groups in total. The Morgan fingerprint density at radius 2 is 2.12 bits per heavy atom. The zero-order chi connectivity index (χ0) is 12.1. The van der Waals surface area contributed by atoms with Gasteiger partial charge in [-0.25, -0.2) is 4.39 Å². The van der Waals surface area contributed by atoms with E-state index in [1.807, 2.05) is 19.2 Å². The Morgan fingerprint density at radius 1 is 1.35 bits per heavy atom. The molecule has 17 heavy (non-hydrogen) atoms. The Labute approximate surface area is 102 Å². The standard InChI is InChI=1S/C14H20FNO/c1-16-13(14-4-2-3-9-17-14)10-11-5-7-12(15)8-6-11/h5-8,13-14,16H,2-4,9-10H2,1H3. The lowest BCUT2D eigenvalue weighted by molar-refractivity contribution is -0.00587. The Hall–Kier alpha value is -0.930. The van der Waals surface area contributed by atoms with Gasteiger partial charge in [0, 0.05) is 12.6 Å². The molecule has 0 radical (unpaired) electrons. The smallest absolute Gasteiger partial charge is 0.123 e. The number of halogens is 1. The van der Waals surface area contributed by atoms with Crippen molar-refractivity contribution in [2.45, 2.75) is 37.8 Å². The molecular formula is C14H20FNO. The van der Waals surface area contributed by atoms with Gasteiger partial charge < -0.3 is 10.1 Å². The lowest BCUT2D eigenvalue weighted by atomic mass is 9.96. The molecule has 1 saturated heterocycles. The molecule has 1 aromatic carbocycles. The molecule has 0 aliphatic carbocycles. The van der Waals surface area contributed by atoms with E-state index < -0.39 is 0 Å². The van der Waals surface area contributed by atoms with Crippen molar-refractivity contribution >= 4 is 0 Å². The van der Waals surface area contributed by atoms with E-state index in [9.17, 15) is 4.39 Å². The highest BCUT2D eigenvalue weighted by Gasteiger charge is 2.23. The summed E-state index contributed by atoms with van der Waals surface area (Å²) in [6.07, 6.45) is 4.71. The van der Waals surface area contributed by atoms with Crippen molar-refractivity contribution in [3.8, 4) is 0 Å². The second-order valence-electron chi connectivity index (χ2n) is 4.63. The van der Waals surface area contributed by atoms with Crippen molar-refractivity contribution in [1.29, 1.82) is 0 Å². The van der Waals surface area contributed by atoms with Crippen LogP contribution in [0.2, 0.25) is 0 Å². The largest absolute Gasteiger partial charge is 0.377 e. The predicted molar refractivity (Wildman–Crippen MR) is 66.5 cm³/mol. The van der Waals surface area contributed by atoms with Crippen LogP contribution in [0.1, 0.15) is 24.8 Å². The summed E-state index contributed by atoms with van der Waals surface area (Å²) in [6.45, 7) is 0.867. The van der Waals surface area contributed by atoms with Crippen LogP contribution < -0.4 is 5.32 Å². The maximum Gasteiger partial charge on any atom is 0.123 e. The lowest BCUT2D eigenvalue weighted by Gasteiger charge is -2.30. The molecule has 94 valence electrons. The molecule has 2 rings (SSSR count). The molecule has 1 aliphatic rings. The van der Waals surface area contributed by atoms with E-state index in [1.165, 1.54) is 25.0 Å². The summed E-state index contributed by atoms with van der Waals surface area (Å²) in [5.41, 5.74) is 1.15. The third-order valence-electron chi connectivity index (χ3n) is 3.40. The summed E-state index contributed by atoms with van der Waals surface area (Å²) in [6, 6.07) is 7.05. The van der Waals surface area contributed by atoms with Gasteiger partial charge in [0.2, 0.25) is 0 Å². The number of hydrogen-bond donors (Lipinski definition) is 1. The van der Waals surface area contributed by atoms with Crippen LogP contribution in [0.4, 0.5) is 4.39 Å². The predicted octanol–water partition coefficient (Wildman–Crippen LogP) is 2.53. The number of hydrogen-bond acceptors (Lipinski definition) is 2. The molecule has 3 heteroatoms. The maximum absolute atomic E-state index is 12.8. The first kappa shape index (κ1) is 12.5. The first-order chi connectivity index (χ1) is 8.29. The number of rotatable bonds is 4. The Balaban J connectivity index is 1.96. The number of benzene rings is 1. The quantitative estimate of drug-likeness (QED) is 0.869. The highest BCUT2D eigenvalue weighted by molar-refractivity contribution is 5.17. The Morgan fingerprint density at radius 3 is 2.71 bits per heavy atom. The van der Waals surface area contributed by atoms with E-state index in [4.69, 9.17) is 4.74 Å². The van der Waals surface area contributed by atoms with Crippen molar-refractivity contribution in [2.75, 3.05) is 13.7 Å². The van der Waals surface area contributed by atoms with Gasteiger partial charge in [-0.2, -0.15) is 0 Å². The first-order valence-electron chi connectivity index (χ1n) is 6.33. The summed E-state index contributed by atoms with van der Waals surface area (Å²) in [5.74, 6) is -0.177. The van der Waals surface area contributed by atoms with Gasteiger partial charge in [0.05, 0.1) is 6.10 Å². The third kappa shape index (κ3) is 3.51. The van der Waals surface area contributed by atoms with Crippen molar-refractivity contribution < 1.29 is 9.13 Å². The fourth-order valence-corrected chi connectivity index (χ4v) is 2.38. The minimum atomic E-state index is -0.177. The van der Waals surface area contributed by atoms with Crippen molar-refractivity contribution in [2.24, 2.45) is 0 Å². The fraction of sp³-hybridized carbons (Fsp3) is 0.571. The maximum atomic E-state index is 12.8. The Bertz CT molecular complexity index is 333. The minimum absolute atomic E-state index is 0.177. The minimum Gasteiger partial charge on any atom is -0.377 e. The molecule has 2 unspecified atom stereocenters. The molecule has 0 amide bonds. The van der Waals surface area contributed by atoms with Crippen LogP contribution in [0.3, 0.4) is 0 Å². The van der Waals surface area contributed by atoms with E-state index in [1.54, 1.807) is 0 Å². The van der Waals surface area contributed by atoms with Crippen molar-refractivity contribution in [3.63, 3.8) is 0 Å². The molecule has 0 bridgehead atoms. The first-order valence-corrected chi connectivity index (χ1v) is 6.33. The molecule has 1 heterocycles. The fourth-order valence-electron chi connectivity index (χ4n) is 2.38. The van der Waals surface area contributed by atoms with Crippen LogP contribution in [0.15, 0.2) is 24.3 Å². The summed E-state index contributed by atoms with van der Waals surface area (Å²) in [4.78, 5) is 0. The number of nitrogens with one attached hydrogen (secondary N) is 1. The molecule has 2 atom stereocenters. The van der Waals surface area contributed by atoms with Gasteiger partial charge in [0.1, 0.15) is 5.82 Å². The van der Waals surface area contributed by atoms with Crippen LogP contribution in [0.5, 0.6) is 0 Å². The summed E-state index contributed by atoms with van der Waals surface area (Å²) < 4.78 is 18.6. The van der Waals surface area contributed by atoms with E-state index in [0.717, 1.165) is 25.0 Å². The molecule has 0 saturated carbocycles. The van der Waals surface area contributed by atoms with Gasteiger partial charge in [-0.05, 0) is 50.4 Å². The zero-order valence-electron chi connectivity index (χ0n) is 10.3. The molecule has 1 aliphatic heterocycles. The molecule has 0 spiro atoms. The normalized spacial score (nSPS) is 22.4. The van der Waals surface area contributed by atoms with Gasteiger partial charge >= 0.3 is 0 Å². The topological polar surface area (TPSA) is 21.3 Å². The highest BCUT2D eigenvalue weighted by atomic mass is 19.1. The summed E-state index contributed by atoms with van der Waals surface area (Å²) in [5, 5.41) is 3.32. The van der Waals surface area contributed by atoms with Crippen molar-refractivity contribution in [3.05, 3.63) is 35.6 Å². The van der Waals surface area contributed by atoms with Gasteiger partial charge in [0.15, 0.2) is 0 Å². The lowest BCUT2D eigenvalue weighted by Crippen LogP contribution is -2.42. The zero-order valence-corrected chi connectivity index (χ0v) is 10.3. The van der Waals surface area contributed by atoms with Crippen LogP contribution in [-0.2, 0) is 11.2 Å². The van der Waals surface area contributed by atoms with Crippen LogP contribution >= 0.6 is 0 Å². The molecule has 1 fully saturated rings. The summed E-state index contributed by atoms with van der Waals surface area (Å²) >= 11 is 0. The third-order valence-corrected chi connectivity index (χ3v) is 3.40. The molecular weight excluding hydrogens is 217 g/mol. The highest BCUT2D eigenvalue weighted by Crippen LogP contribution is 2.18. The van der Waals surface area contributed by atoms with E-state index in [0.29, 0.717) is 12.1 Å². The molecule has 1 aromatic rings. The van der Waals surface area contributed by atoms with Crippen LogP contribution in [0.25, 0.3) is 0 Å². The van der Waals surface area contributed by atoms with E-state index in [-0.39, 0.29) is 5.82 Å². The monoisotopic (exact) mass is 237 g/mol. The summed E-state index contributed by atoms with van der Waals surface area (Å²) in [7, 11) is 1.96. The molecule has 2 nitrogen and oxygen atoms in total. The average molecular weight is 237 g/mol. The van der Waals surface area contributed by atoms with Crippen LogP contribution in [-0.4, -0.2) is 25.8 Å². The van der Waals surface area contributed by atoms with Gasteiger partial charge in [0.25, 0.3) is 0 Å². The van der Waals surface area contributed by atoms with Gasteiger partial charge in [-0.15, -0.1) is 0 Å². The van der Waals surface area contributed by atoms with E-state index >= 15 is 0 Å². The second kappa shape index (κ2) is 6.12. The number of likely N-dealkylation sites (N-methyl/N-ethyl adjacent to an activating group) is 1. The van der Waals surface area contributed by atoms with Gasteiger partial charge in [-0.1, -0.05) is 12.1 Å². The van der Waals surface area contributed by atoms with Crippen molar-refractivity contribution in [1.82, 2.24) is 5.32 Å². The SMILES string of the molecule is CNC(Cc1ccc(F)cc1)C1CCCCO1.